The number of hydrogen-bond donors (Lipinski definition) is 3. The maximum atomic E-state index is 13.7. The van der Waals surface area contributed by atoms with Crippen molar-refractivity contribution in [2.24, 2.45) is 0 Å². The normalized spacial score (nSPS) is 16.0. The predicted octanol–water partition coefficient (Wildman–Crippen LogP) is 5.69. The summed E-state index contributed by atoms with van der Waals surface area (Å²) in [6, 6.07) is 21.6. The summed E-state index contributed by atoms with van der Waals surface area (Å²) in [5.41, 5.74) is 5.70. The second kappa shape index (κ2) is 12.7. The zero-order valence-corrected chi connectivity index (χ0v) is 22.2. The number of hydrogen-bond acceptors (Lipinski definition) is 4. The topological polar surface area (TPSA) is 86.6 Å². The van der Waals surface area contributed by atoms with E-state index in [4.69, 9.17) is 5.11 Å². The van der Waals surface area contributed by atoms with Gasteiger partial charge >= 0.3 is 5.97 Å². The lowest BCUT2D eigenvalue weighted by atomic mass is 10.0. The first-order valence-corrected chi connectivity index (χ1v) is 13.5. The minimum Gasteiger partial charge on any atom is -0.481 e. The SMILES string of the molecule is CC1=C(CC(=O)O)c2cc(F)ccc2/C1=C\c1ccc(S(C)=O)cc1.CNC(C)C(O)c1ccccc1. The highest BCUT2D eigenvalue weighted by molar-refractivity contribution is 7.84. The van der Waals surface area contributed by atoms with Crippen molar-refractivity contribution in [2.75, 3.05) is 13.3 Å². The van der Waals surface area contributed by atoms with Crippen molar-refractivity contribution in [1.29, 1.82) is 0 Å². The Morgan fingerprint density at radius 1 is 1.05 bits per heavy atom. The molecule has 0 radical (unpaired) electrons. The molecule has 3 aromatic rings. The van der Waals surface area contributed by atoms with Crippen LogP contribution in [0.2, 0.25) is 0 Å². The van der Waals surface area contributed by atoms with E-state index in [0.717, 1.165) is 32.7 Å². The maximum absolute atomic E-state index is 13.7. The number of aliphatic hydroxyl groups excluding tert-OH is 1. The summed E-state index contributed by atoms with van der Waals surface area (Å²) in [7, 11) is 0.808. The van der Waals surface area contributed by atoms with Gasteiger partial charge in [-0.05, 0) is 90.2 Å². The molecule has 0 aliphatic heterocycles. The van der Waals surface area contributed by atoms with Crippen LogP contribution in [0, 0.1) is 5.82 Å². The largest absolute Gasteiger partial charge is 0.481 e. The van der Waals surface area contributed by atoms with E-state index in [2.05, 4.69) is 5.32 Å². The van der Waals surface area contributed by atoms with E-state index >= 15 is 0 Å². The van der Waals surface area contributed by atoms with E-state index in [1.165, 1.54) is 12.1 Å². The van der Waals surface area contributed by atoms with Gasteiger partial charge in [-0.3, -0.25) is 9.00 Å². The van der Waals surface area contributed by atoms with Gasteiger partial charge in [0.2, 0.25) is 0 Å². The van der Waals surface area contributed by atoms with Gasteiger partial charge in [-0.2, -0.15) is 0 Å². The van der Waals surface area contributed by atoms with Gasteiger partial charge in [0.1, 0.15) is 5.82 Å². The van der Waals surface area contributed by atoms with Crippen molar-refractivity contribution in [3.8, 4) is 0 Å². The van der Waals surface area contributed by atoms with E-state index in [-0.39, 0.29) is 18.3 Å². The Kier molecular flexibility index (Phi) is 9.69. The molecule has 0 fully saturated rings. The van der Waals surface area contributed by atoms with Crippen molar-refractivity contribution in [1.82, 2.24) is 5.32 Å². The molecule has 0 amide bonds. The lowest BCUT2D eigenvalue weighted by molar-refractivity contribution is -0.135. The Hall–Kier alpha value is -3.39. The Morgan fingerprint density at radius 2 is 1.70 bits per heavy atom. The third-order valence-corrected chi connectivity index (χ3v) is 7.31. The highest BCUT2D eigenvalue weighted by Gasteiger charge is 2.25. The van der Waals surface area contributed by atoms with Gasteiger partial charge in [-0.1, -0.05) is 48.5 Å². The fourth-order valence-electron chi connectivity index (χ4n) is 4.15. The molecule has 3 N–H and O–H groups in total. The summed E-state index contributed by atoms with van der Waals surface area (Å²) in [6.07, 6.45) is 3.01. The first kappa shape index (κ1) is 28.2. The monoisotopic (exact) mass is 521 g/mol. The molecule has 3 unspecified atom stereocenters. The third-order valence-electron chi connectivity index (χ3n) is 6.37. The lowest BCUT2D eigenvalue weighted by Crippen LogP contribution is -2.28. The molecule has 3 atom stereocenters. The van der Waals surface area contributed by atoms with Crippen molar-refractivity contribution in [3.05, 3.63) is 106 Å². The van der Waals surface area contributed by atoms with Crippen molar-refractivity contribution >= 4 is 34.0 Å². The number of benzene rings is 3. The summed E-state index contributed by atoms with van der Waals surface area (Å²) < 4.78 is 25.1. The molecule has 0 aromatic heterocycles. The van der Waals surface area contributed by atoms with E-state index in [1.807, 2.05) is 69.4 Å². The maximum Gasteiger partial charge on any atom is 0.307 e. The number of allylic oxidation sites excluding steroid dienone is 2. The molecule has 194 valence electrons. The molecule has 0 heterocycles. The first-order chi connectivity index (χ1) is 17.6. The van der Waals surface area contributed by atoms with Gasteiger partial charge in [-0.25, -0.2) is 4.39 Å². The highest BCUT2D eigenvalue weighted by atomic mass is 32.2. The van der Waals surface area contributed by atoms with Crippen molar-refractivity contribution in [3.63, 3.8) is 0 Å². The number of likely N-dealkylation sites (N-methyl/N-ethyl adjacent to an activating group) is 1. The molecule has 0 saturated heterocycles. The van der Waals surface area contributed by atoms with Crippen LogP contribution in [0.25, 0.3) is 17.2 Å². The number of nitrogens with one attached hydrogen (secondary N) is 1. The molecular weight excluding hydrogens is 489 g/mol. The van der Waals surface area contributed by atoms with Crippen LogP contribution >= 0.6 is 0 Å². The molecular formula is C30H32FNO4S. The molecule has 4 rings (SSSR count). The molecule has 0 spiro atoms. The van der Waals surface area contributed by atoms with E-state index in [1.54, 1.807) is 24.5 Å². The van der Waals surface area contributed by atoms with E-state index in [0.29, 0.717) is 11.1 Å². The summed E-state index contributed by atoms with van der Waals surface area (Å²) in [4.78, 5) is 11.9. The summed E-state index contributed by atoms with van der Waals surface area (Å²) >= 11 is 0. The Balaban J connectivity index is 0.000000266. The molecule has 1 aliphatic carbocycles. The minimum atomic E-state index is -1.04. The van der Waals surface area contributed by atoms with Crippen LogP contribution in [-0.2, 0) is 15.6 Å². The van der Waals surface area contributed by atoms with E-state index in [9.17, 15) is 18.5 Å². The van der Waals surface area contributed by atoms with E-state index < -0.39 is 22.9 Å². The number of carbonyl (C=O) groups is 1. The van der Waals surface area contributed by atoms with Crippen LogP contribution in [0.5, 0.6) is 0 Å². The zero-order valence-electron chi connectivity index (χ0n) is 21.4. The van der Waals surface area contributed by atoms with Crippen molar-refractivity contribution in [2.45, 2.75) is 37.3 Å². The summed E-state index contributed by atoms with van der Waals surface area (Å²) in [5, 5.41) is 21.9. The van der Waals surface area contributed by atoms with Crippen LogP contribution in [0.4, 0.5) is 4.39 Å². The first-order valence-electron chi connectivity index (χ1n) is 11.9. The molecule has 37 heavy (non-hydrogen) atoms. The van der Waals surface area contributed by atoms with Crippen molar-refractivity contribution < 1.29 is 23.6 Å². The van der Waals surface area contributed by atoms with Gasteiger partial charge in [0.05, 0.1) is 12.5 Å². The number of carboxylic acids is 1. The Labute approximate surface area is 219 Å². The van der Waals surface area contributed by atoms with Gasteiger partial charge in [0.15, 0.2) is 0 Å². The molecule has 7 heteroatoms. The average molecular weight is 522 g/mol. The minimum absolute atomic E-state index is 0.0902. The zero-order chi connectivity index (χ0) is 27.1. The van der Waals surface area contributed by atoms with Gasteiger partial charge < -0.3 is 15.5 Å². The quantitative estimate of drug-likeness (QED) is 0.372. The molecule has 1 aliphatic rings. The molecule has 5 nitrogen and oxygen atoms in total. The van der Waals surface area contributed by atoms with Gasteiger partial charge in [0, 0.05) is 28.0 Å². The highest BCUT2D eigenvalue weighted by Crippen LogP contribution is 2.43. The van der Waals surface area contributed by atoms with Gasteiger partial charge in [-0.15, -0.1) is 0 Å². The lowest BCUT2D eigenvalue weighted by Gasteiger charge is -2.17. The number of fused-ring (bicyclic) bond motifs is 1. The Morgan fingerprint density at radius 3 is 2.27 bits per heavy atom. The second-order valence-corrected chi connectivity index (χ2v) is 10.3. The standard InChI is InChI=1S/C20H17FO3S.C10H15NO/c1-12-17(9-13-3-6-15(7-4-13)25(2)24)16-8-5-14(21)10-19(16)18(12)11-20(22)23;1-8(11-2)10(12)9-6-4-3-5-7-9/h3-10H,11H2,1-2H3,(H,22,23);3-8,10-12H,1-2H3/b17-9-;. The molecule has 0 saturated carbocycles. The van der Waals surface area contributed by atoms with Crippen LogP contribution < -0.4 is 5.32 Å². The molecule has 3 aromatic carbocycles. The number of halogens is 1. The second-order valence-electron chi connectivity index (χ2n) is 8.88. The van der Waals surface area contributed by atoms with Crippen LogP contribution in [0.3, 0.4) is 0 Å². The number of rotatable bonds is 7. The fraction of sp³-hybridized carbons (Fsp3) is 0.233. The average Bonchev–Trinajstić information content (AvgIpc) is 3.13. The van der Waals surface area contributed by atoms with Gasteiger partial charge in [0.25, 0.3) is 0 Å². The Bertz CT molecular complexity index is 1330. The number of aliphatic carboxylic acids is 1. The number of carboxylic acid groups (broad SMARTS) is 1. The van der Waals surface area contributed by atoms with Crippen LogP contribution in [0.15, 0.2) is 83.3 Å². The smallest absolute Gasteiger partial charge is 0.307 e. The summed E-state index contributed by atoms with van der Waals surface area (Å²) in [6.45, 7) is 3.81. The van der Waals surface area contributed by atoms with Crippen LogP contribution in [-0.4, -0.2) is 39.7 Å². The third kappa shape index (κ3) is 7.10. The number of aliphatic hydroxyl groups is 1. The van der Waals surface area contributed by atoms with Crippen LogP contribution in [0.1, 0.15) is 48.6 Å². The summed E-state index contributed by atoms with van der Waals surface area (Å²) in [5.74, 6) is -1.33. The molecule has 0 bridgehead atoms. The fourth-order valence-corrected chi connectivity index (χ4v) is 4.67. The predicted molar refractivity (Wildman–Crippen MR) is 148 cm³/mol.